The van der Waals surface area contributed by atoms with Gasteiger partial charge in [-0.2, -0.15) is 0 Å². The Morgan fingerprint density at radius 1 is 1.14 bits per heavy atom. The van der Waals surface area contributed by atoms with Crippen LogP contribution in [0.1, 0.15) is 25.0 Å². The number of halogens is 1. The van der Waals surface area contributed by atoms with Crippen LogP contribution in [0.15, 0.2) is 52.9 Å². The van der Waals surface area contributed by atoms with Crippen LogP contribution in [0.5, 0.6) is 5.75 Å². The fourth-order valence-corrected chi connectivity index (χ4v) is 4.15. The summed E-state index contributed by atoms with van der Waals surface area (Å²) in [7, 11) is 0. The molecule has 28 heavy (non-hydrogen) atoms. The summed E-state index contributed by atoms with van der Waals surface area (Å²) in [5, 5.41) is 12.1. The molecule has 1 aromatic heterocycles. The fourth-order valence-electron chi connectivity index (χ4n) is 2.31. The van der Waals surface area contributed by atoms with E-state index in [1.165, 1.54) is 16.9 Å². The number of hydrogen-bond donors (Lipinski definition) is 1. The van der Waals surface area contributed by atoms with E-state index in [2.05, 4.69) is 22.4 Å². The van der Waals surface area contributed by atoms with E-state index in [1.807, 2.05) is 48.5 Å². The van der Waals surface area contributed by atoms with Crippen molar-refractivity contribution in [2.45, 2.75) is 36.5 Å². The van der Waals surface area contributed by atoms with Gasteiger partial charge in [0.1, 0.15) is 5.75 Å². The van der Waals surface area contributed by atoms with E-state index in [0.29, 0.717) is 15.9 Å². The number of hydrogen-bond acceptors (Lipinski definition) is 6. The molecule has 0 aliphatic heterocycles. The van der Waals surface area contributed by atoms with Crippen molar-refractivity contribution in [3.05, 3.63) is 64.7 Å². The summed E-state index contributed by atoms with van der Waals surface area (Å²) in [6.07, 6.45) is 0.327. The normalized spacial score (nSPS) is 11.8. The molecule has 0 aliphatic carbocycles. The van der Waals surface area contributed by atoms with E-state index >= 15 is 0 Å². The standard InChI is InChI=1S/C20H20ClN3O2S2/c1-3-14-6-10-17(11-7-14)26-13(2)18(25)22-19-23-24-20(28-19)27-12-15-4-8-16(21)9-5-15/h4-11,13H,3,12H2,1-2H3,(H,22,23,25)/t13-/m1/s1. The molecule has 3 rings (SSSR count). The molecule has 0 radical (unpaired) electrons. The van der Waals surface area contributed by atoms with Gasteiger partial charge in [0.15, 0.2) is 10.4 Å². The number of carbonyl (C=O) groups excluding carboxylic acids is 1. The Bertz CT molecular complexity index is 914. The van der Waals surface area contributed by atoms with Crippen molar-refractivity contribution >= 4 is 45.7 Å². The molecule has 0 unspecified atom stereocenters. The monoisotopic (exact) mass is 433 g/mol. The average Bonchev–Trinajstić information content (AvgIpc) is 3.15. The number of nitrogens with zero attached hydrogens (tertiary/aromatic N) is 2. The third-order valence-corrected chi connectivity index (χ3v) is 6.22. The molecule has 1 heterocycles. The summed E-state index contributed by atoms with van der Waals surface area (Å²) in [6.45, 7) is 3.80. The highest BCUT2D eigenvalue weighted by molar-refractivity contribution is 8.00. The summed E-state index contributed by atoms with van der Waals surface area (Å²) in [5.41, 5.74) is 2.37. The van der Waals surface area contributed by atoms with Crippen LogP contribution in [0.2, 0.25) is 5.02 Å². The lowest BCUT2D eigenvalue weighted by atomic mass is 10.2. The van der Waals surface area contributed by atoms with Gasteiger partial charge in [-0.25, -0.2) is 0 Å². The molecular weight excluding hydrogens is 414 g/mol. The molecular formula is C20H20ClN3O2S2. The fraction of sp³-hybridized carbons (Fsp3) is 0.250. The highest BCUT2D eigenvalue weighted by Crippen LogP contribution is 2.28. The minimum atomic E-state index is -0.637. The Balaban J connectivity index is 1.50. The molecule has 8 heteroatoms. The zero-order valence-corrected chi connectivity index (χ0v) is 17.9. The number of thioether (sulfide) groups is 1. The van der Waals surface area contributed by atoms with Gasteiger partial charge in [-0.1, -0.05) is 65.9 Å². The van der Waals surface area contributed by atoms with Gasteiger partial charge in [0, 0.05) is 10.8 Å². The van der Waals surface area contributed by atoms with Gasteiger partial charge < -0.3 is 4.74 Å². The predicted octanol–water partition coefficient (Wildman–Crippen LogP) is 5.45. The van der Waals surface area contributed by atoms with Crippen molar-refractivity contribution in [2.75, 3.05) is 5.32 Å². The van der Waals surface area contributed by atoms with E-state index in [0.717, 1.165) is 22.1 Å². The second kappa shape index (κ2) is 9.91. The van der Waals surface area contributed by atoms with E-state index in [4.69, 9.17) is 16.3 Å². The van der Waals surface area contributed by atoms with Gasteiger partial charge in [0.2, 0.25) is 5.13 Å². The summed E-state index contributed by atoms with van der Waals surface area (Å²) >= 11 is 8.79. The largest absolute Gasteiger partial charge is 0.481 e. The third-order valence-electron chi connectivity index (χ3n) is 3.93. The topological polar surface area (TPSA) is 64.1 Å². The van der Waals surface area contributed by atoms with Crippen LogP contribution in [0.4, 0.5) is 5.13 Å². The van der Waals surface area contributed by atoms with Crippen molar-refractivity contribution in [2.24, 2.45) is 0 Å². The van der Waals surface area contributed by atoms with Crippen LogP contribution in [-0.4, -0.2) is 22.2 Å². The molecule has 3 aromatic rings. The number of aromatic nitrogens is 2. The van der Waals surface area contributed by atoms with Crippen LogP contribution < -0.4 is 10.1 Å². The van der Waals surface area contributed by atoms with Gasteiger partial charge in [0.05, 0.1) is 0 Å². The smallest absolute Gasteiger partial charge is 0.266 e. The Morgan fingerprint density at radius 3 is 2.50 bits per heavy atom. The third kappa shape index (κ3) is 5.95. The first-order valence-electron chi connectivity index (χ1n) is 8.80. The second-order valence-corrected chi connectivity index (χ2v) is 8.67. The number of benzene rings is 2. The molecule has 2 aromatic carbocycles. The highest BCUT2D eigenvalue weighted by Gasteiger charge is 2.17. The summed E-state index contributed by atoms with van der Waals surface area (Å²) in [6, 6.07) is 15.4. The zero-order chi connectivity index (χ0) is 19.9. The lowest BCUT2D eigenvalue weighted by molar-refractivity contribution is -0.122. The van der Waals surface area contributed by atoms with Gasteiger partial charge in [0.25, 0.3) is 5.91 Å². The molecule has 1 amide bonds. The van der Waals surface area contributed by atoms with E-state index in [1.54, 1.807) is 18.7 Å². The molecule has 0 aliphatic rings. The lowest BCUT2D eigenvalue weighted by Gasteiger charge is -2.13. The number of nitrogens with one attached hydrogen (secondary N) is 1. The first-order chi connectivity index (χ1) is 13.5. The molecule has 0 saturated carbocycles. The second-order valence-electron chi connectivity index (χ2n) is 6.04. The molecule has 1 atom stereocenters. The molecule has 1 N–H and O–H groups in total. The summed E-state index contributed by atoms with van der Waals surface area (Å²) < 4.78 is 6.48. The maximum absolute atomic E-state index is 12.3. The van der Waals surface area contributed by atoms with Crippen molar-refractivity contribution in [1.82, 2.24) is 10.2 Å². The van der Waals surface area contributed by atoms with E-state index < -0.39 is 6.10 Å². The Kier molecular flexibility index (Phi) is 7.30. The zero-order valence-electron chi connectivity index (χ0n) is 15.5. The Labute approximate surface area is 177 Å². The maximum Gasteiger partial charge on any atom is 0.266 e. The minimum Gasteiger partial charge on any atom is -0.481 e. The lowest BCUT2D eigenvalue weighted by Crippen LogP contribution is -2.30. The predicted molar refractivity (Wildman–Crippen MR) is 115 cm³/mol. The van der Waals surface area contributed by atoms with Crippen LogP contribution in [0.25, 0.3) is 0 Å². The SMILES string of the molecule is CCc1ccc(O[C@H](C)C(=O)Nc2nnc(SCc3ccc(Cl)cc3)s2)cc1. The van der Waals surface area contributed by atoms with Crippen molar-refractivity contribution < 1.29 is 9.53 Å². The maximum atomic E-state index is 12.3. The molecule has 0 saturated heterocycles. The molecule has 0 fully saturated rings. The number of amides is 1. The number of anilines is 1. The first kappa shape index (κ1) is 20.6. The first-order valence-corrected chi connectivity index (χ1v) is 11.0. The number of ether oxygens (including phenoxy) is 1. The summed E-state index contributed by atoms with van der Waals surface area (Å²) in [5.74, 6) is 1.16. The minimum absolute atomic E-state index is 0.259. The van der Waals surface area contributed by atoms with Crippen LogP contribution in [0, 0.1) is 0 Å². The van der Waals surface area contributed by atoms with Crippen molar-refractivity contribution in [1.29, 1.82) is 0 Å². The summed E-state index contributed by atoms with van der Waals surface area (Å²) in [4.78, 5) is 12.3. The van der Waals surface area contributed by atoms with Gasteiger partial charge in [-0.3, -0.25) is 10.1 Å². The number of aryl methyl sites for hydroxylation is 1. The average molecular weight is 434 g/mol. The highest BCUT2D eigenvalue weighted by atomic mass is 35.5. The van der Waals surface area contributed by atoms with Crippen molar-refractivity contribution in [3.63, 3.8) is 0 Å². The van der Waals surface area contributed by atoms with Crippen LogP contribution in [0.3, 0.4) is 0 Å². The van der Waals surface area contributed by atoms with Gasteiger partial charge in [-0.05, 0) is 48.7 Å². The van der Waals surface area contributed by atoms with Gasteiger partial charge >= 0.3 is 0 Å². The Morgan fingerprint density at radius 2 is 1.82 bits per heavy atom. The van der Waals surface area contributed by atoms with E-state index in [9.17, 15) is 4.79 Å². The van der Waals surface area contributed by atoms with Crippen molar-refractivity contribution in [3.8, 4) is 5.75 Å². The van der Waals surface area contributed by atoms with Crippen LogP contribution >= 0.6 is 34.7 Å². The molecule has 0 spiro atoms. The van der Waals surface area contributed by atoms with Gasteiger partial charge in [-0.15, -0.1) is 10.2 Å². The number of rotatable bonds is 8. The molecule has 146 valence electrons. The molecule has 0 bridgehead atoms. The Hall–Kier alpha value is -2.09. The number of carbonyl (C=O) groups is 1. The van der Waals surface area contributed by atoms with Crippen LogP contribution in [-0.2, 0) is 17.0 Å². The quantitative estimate of drug-likeness (QED) is 0.378. The van der Waals surface area contributed by atoms with E-state index in [-0.39, 0.29) is 5.91 Å². The molecule has 5 nitrogen and oxygen atoms in total.